The van der Waals surface area contributed by atoms with Gasteiger partial charge in [0.15, 0.2) is 0 Å². The van der Waals surface area contributed by atoms with Gasteiger partial charge >= 0.3 is 5.97 Å². The van der Waals surface area contributed by atoms with E-state index in [1.54, 1.807) is 19.1 Å². The molecule has 1 aliphatic rings. The fourth-order valence-corrected chi connectivity index (χ4v) is 4.82. The molecule has 1 amide bonds. The Morgan fingerprint density at radius 3 is 2.59 bits per heavy atom. The third-order valence-electron chi connectivity index (χ3n) is 4.99. The molecule has 0 atom stereocenters. The number of nitrogens with one attached hydrogen (secondary N) is 1. The second-order valence-corrected chi connectivity index (χ2v) is 8.11. The number of hydrogen-bond donors (Lipinski definition) is 1. The van der Waals surface area contributed by atoms with Crippen molar-refractivity contribution in [2.45, 2.75) is 19.9 Å². The van der Waals surface area contributed by atoms with Crippen molar-refractivity contribution in [2.75, 3.05) is 25.5 Å². The van der Waals surface area contributed by atoms with Crippen molar-refractivity contribution in [2.24, 2.45) is 0 Å². The molecule has 0 unspecified atom stereocenters. The van der Waals surface area contributed by atoms with E-state index >= 15 is 0 Å². The van der Waals surface area contributed by atoms with Crippen LogP contribution < -0.4 is 5.32 Å². The number of amides is 1. The molecule has 0 saturated carbocycles. The van der Waals surface area contributed by atoms with Gasteiger partial charge in [-0.2, -0.15) is 0 Å². The van der Waals surface area contributed by atoms with Crippen molar-refractivity contribution >= 4 is 28.2 Å². The lowest BCUT2D eigenvalue weighted by Gasteiger charge is -2.22. The van der Waals surface area contributed by atoms with Crippen LogP contribution in [0.3, 0.4) is 0 Å². The van der Waals surface area contributed by atoms with Crippen LogP contribution in [-0.4, -0.2) is 41.5 Å². The lowest BCUT2D eigenvalue weighted by molar-refractivity contribution is 0.0526. The number of fused-ring (bicyclic) bond motifs is 1. The van der Waals surface area contributed by atoms with Crippen LogP contribution in [0.2, 0.25) is 0 Å². The van der Waals surface area contributed by atoms with Crippen LogP contribution in [0.5, 0.6) is 0 Å². The number of ether oxygens (including phenoxy) is 1. The molecule has 0 radical (unpaired) electrons. The van der Waals surface area contributed by atoms with Gasteiger partial charge in [-0.05, 0) is 62.4 Å². The van der Waals surface area contributed by atoms with E-state index in [1.807, 2.05) is 41.2 Å². The third-order valence-corrected chi connectivity index (χ3v) is 6.12. The first-order valence-electron chi connectivity index (χ1n) is 9.61. The Morgan fingerprint density at radius 1 is 1.17 bits per heavy atom. The van der Waals surface area contributed by atoms with E-state index in [-0.39, 0.29) is 11.9 Å². The van der Waals surface area contributed by atoms with E-state index in [4.69, 9.17) is 4.74 Å². The number of thiophene rings is 1. The van der Waals surface area contributed by atoms with Gasteiger partial charge in [0.1, 0.15) is 5.00 Å². The number of benzene rings is 1. The van der Waals surface area contributed by atoms with Gasteiger partial charge in [0.05, 0.1) is 12.2 Å². The molecule has 2 aromatic heterocycles. The maximum absolute atomic E-state index is 12.8. The zero-order valence-corrected chi connectivity index (χ0v) is 17.3. The van der Waals surface area contributed by atoms with E-state index in [0.717, 1.165) is 35.6 Å². The van der Waals surface area contributed by atoms with Crippen LogP contribution in [-0.2, 0) is 17.7 Å². The molecule has 1 N–H and O–H groups in total. The van der Waals surface area contributed by atoms with Crippen LogP contribution in [0.15, 0.2) is 48.8 Å². The summed E-state index contributed by atoms with van der Waals surface area (Å²) >= 11 is 1.47. The number of rotatable bonds is 5. The smallest absolute Gasteiger partial charge is 0.341 e. The van der Waals surface area contributed by atoms with Crippen LogP contribution in [0, 0.1) is 0 Å². The Bertz CT molecular complexity index is 1020. The van der Waals surface area contributed by atoms with Gasteiger partial charge in [-0.3, -0.25) is 4.79 Å². The zero-order valence-electron chi connectivity index (χ0n) is 16.5. The number of carbonyl (C=O) groups is 2. The Balaban J connectivity index is 1.60. The minimum Gasteiger partial charge on any atom is -0.462 e. The molecule has 3 heterocycles. The van der Waals surface area contributed by atoms with Crippen molar-refractivity contribution in [1.82, 2.24) is 9.47 Å². The molecular formula is C22H23N3O3S. The van der Waals surface area contributed by atoms with Crippen molar-refractivity contribution in [3.05, 3.63) is 70.4 Å². The summed E-state index contributed by atoms with van der Waals surface area (Å²) in [5, 5.41) is 3.52. The van der Waals surface area contributed by atoms with Crippen LogP contribution in [0.1, 0.15) is 38.1 Å². The number of esters is 1. The number of carbonyl (C=O) groups excluding carboxylic acids is 2. The fraction of sp³-hybridized carbons (Fsp3) is 0.273. The Labute approximate surface area is 173 Å². The highest BCUT2D eigenvalue weighted by Crippen LogP contribution is 2.37. The van der Waals surface area contributed by atoms with Crippen LogP contribution in [0.4, 0.5) is 5.00 Å². The van der Waals surface area contributed by atoms with Crippen LogP contribution >= 0.6 is 11.3 Å². The van der Waals surface area contributed by atoms with E-state index in [0.29, 0.717) is 22.7 Å². The SMILES string of the molecule is CCOC(=O)c1c(NC(=O)c2ccc(-n3cccc3)cc2)sc2c1CCN(C)C2. The molecule has 29 heavy (non-hydrogen) atoms. The minimum absolute atomic E-state index is 0.235. The molecule has 0 aliphatic carbocycles. The molecule has 3 aromatic rings. The van der Waals surface area contributed by atoms with Gasteiger partial charge in [-0.25, -0.2) is 4.79 Å². The maximum atomic E-state index is 12.8. The van der Waals surface area contributed by atoms with E-state index in [2.05, 4.69) is 17.3 Å². The van der Waals surface area contributed by atoms with Crippen molar-refractivity contribution in [3.63, 3.8) is 0 Å². The number of aromatic nitrogens is 1. The van der Waals surface area contributed by atoms with Gasteiger partial charge < -0.3 is 19.5 Å². The Hall–Kier alpha value is -2.90. The second-order valence-electron chi connectivity index (χ2n) is 7.01. The molecule has 4 rings (SSSR count). The Morgan fingerprint density at radius 2 is 1.90 bits per heavy atom. The largest absolute Gasteiger partial charge is 0.462 e. The molecule has 0 spiro atoms. The summed E-state index contributed by atoms with van der Waals surface area (Å²) in [4.78, 5) is 28.8. The van der Waals surface area contributed by atoms with Gasteiger partial charge in [0.25, 0.3) is 5.91 Å². The molecule has 0 fully saturated rings. The highest BCUT2D eigenvalue weighted by Gasteiger charge is 2.28. The van der Waals surface area contributed by atoms with Crippen molar-refractivity contribution in [3.8, 4) is 5.69 Å². The quantitative estimate of drug-likeness (QED) is 0.648. The number of likely N-dealkylation sites (N-methyl/N-ethyl adjacent to an activating group) is 1. The lowest BCUT2D eigenvalue weighted by Crippen LogP contribution is -2.26. The van der Waals surface area contributed by atoms with Gasteiger partial charge in [0.2, 0.25) is 0 Å². The summed E-state index contributed by atoms with van der Waals surface area (Å²) in [5.74, 6) is -0.602. The van der Waals surface area contributed by atoms with Gasteiger partial charge in [-0.1, -0.05) is 0 Å². The van der Waals surface area contributed by atoms with Gasteiger partial charge in [-0.15, -0.1) is 11.3 Å². The zero-order chi connectivity index (χ0) is 20.4. The predicted molar refractivity (Wildman–Crippen MR) is 114 cm³/mol. The predicted octanol–water partition coefficient (Wildman–Crippen LogP) is 3.96. The molecule has 1 aliphatic heterocycles. The van der Waals surface area contributed by atoms with Crippen molar-refractivity contribution in [1.29, 1.82) is 0 Å². The monoisotopic (exact) mass is 409 g/mol. The number of anilines is 1. The molecular weight excluding hydrogens is 386 g/mol. The van der Waals surface area contributed by atoms with Crippen LogP contribution in [0.25, 0.3) is 5.69 Å². The normalized spacial score (nSPS) is 13.7. The third kappa shape index (κ3) is 3.97. The highest BCUT2D eigenvalue weighted by molar-refractivity contribution is 7.17. The first-order valence-corrected chi connectivity index (χ1v) is 10.4. The van der Waals surface area contributed by atoms with E-state index < -0.39 is 0 Å². The fourth-order valence-electron chi connectivity index (χ4n) is 3.51. The average molecular weight is 410 g/mol. The molecule has 150 valence electrons. The number of hydrogen-bond acceptors (Lipinski definition) is 5. The van der Waals surface area contributed by atoms with Crippen molar-refractivity contribution < 1.29 is 14.3 Å². The Kier molecular flexibility index (Phi) is 5.51. The topological polar surface area (TPSA) is 63.6 Å². The van der Waals surface area contributed by atoms with E-state index in [1.165, 1.54) is 11.3 Å². The minimum atomic E-state index is -0.368. The molecule has 0 bridgehead atoms. The summed E-state index contributed by atoms with van der Waals surface area (Å²) in [6, 6.07) is 11.3. The van der Waals surface area contributed by atoms with Gasteiger partial charge in [0, 0.05) is 41.6 Å². The summed E-state index contributed by atoms with van der Waals surface area (Å²) in [7, 11) is 2.05. The first-order chi connectivity index (χ1) is 14.1. The maximum Gasteiger partial charge on any atom is 0.341 e. The highest BCUT2D eigenvalue weighted by atomic mass is 32.1. The molecule has 1 aromatic carbocycles. The molecule has 6 nitrogen and oxygen atoms in total. The summed E-state index contributed by atoms with van der Waals surface area (Å²) < 4.78 is 7.24. The average Bonchev–Trinajstić information content (AvgIpc) is 3.35. The summed E-state index contributed by atoms with van der Waals surface area (Å²) in [6.07, 6.45) is 4.68. The number of nitrogens with zero attached hydrogens (tertiary/aromatic N) is 2. The summed E-state index contributed by atoms with van der Waals surface area (Å²) in [6.45, 7) is 3.74. The first kappa shape index (κ1) is 19.4. The molecule has 7 heteroatoms. The molecule has 0 saturated heterocycles. The lowest BCUT2D eigenvalue weighted by atomic mass is 10.0. The van der Waals surface area contributed by atoms with E-state index in [9.17, 15) is 9.59 Å². The second kappa shape index (κ2) is 8.23. The summed E-state index contributed by atoms with van der Waals surface area (Å²) in [5.41, 5.74) is 3.04. The standard InChI is InChI=1S/C22H23N3O3S/c1-3-28-22(27)19-17-10-13-24(2)14-18(17)29-21(19)23-20(26)15-6-8-16(9-7-15)25-11-4-5-12-25/h4-9,11-12H,3,10,13-14H2,1-2H3,(H,23,26).